The highest BCUT2D eigenvalue weighted by molar-refractivity contribution is 5.72. The molecule has 2 rings (SSSR count). The second kappa shape index (κ2) is 7.24. The van der Waals surface area contributed by atoms with E-state index in [-0.39, 0.29) is 11.9 Å². The third kappa shape index (κ3) is 4.31. The molecule has 4 heteroatoms. The first kappa shape index (κ1) is 14.0. The number of esters is 1. The highest BCUT2D eigenvalue weighted by atomic mass is 16.5. The average molecular weight is 262 g/mol. The lowest BCUT2D eigenvalue weighted by molar-refractivity contribution is -0.149. The monoisotopic (exact) mass is 262 g/mol. The van der Waals surface area contributed by atoms with Gasteiger partial charge in [-0.3, -0.25) is 9.78 Å². The zero-order valence-corrected chi connectivity index (χ0v) is 11.5. The Morgan fingerprint density at radius 1 is 1.37 bits per heavy atom. The van der Waals surface area contributed by atoms with Crippen LogP contribution in [0.25, 0.3) is 0 Å². The molecule has 4 nitrogen and oxygen atoms in total. The number of hydrogen-bond acceptors (Lipinski definition) is 4. The summed E-state index contributed by atoms with van der Waals surface area (Å²) in [7, 11) is 0. The van der Waals surface area contributed by atoms with Gasteiger partial charge in [0.1, 0.15) is 0 Å². The Balaban J connectivity index is 1.70. The Labute approximate surface area is 114 Å². The maximum atomic E-state index is 11.6. The van der Waals surface area contributed by atoms with Gasteiger partial charge in [-0.2, -0.15) is 0 Å². The Kier molecular flexibility index (Phi) is 5.33. The van der Waals surface area contributed by atoms with Crippen LogP contribution in [0.3, 0.4) is 0 Å². The van der Waals surface area contributed by atoms with Crippen LogP contribution in [0.1, 0.15) is 25.3 Å². The molecule has 0 unspecified atom stereocenters. The molecule has 0 aromatic carbocycles. The Bertz CT molecular complexity index is 386. The minimum Gasteiger partial charge on any atom is -0.466 e. The Hall–Kier alpha value is -1.42. The van der Waals surface area contributed by atoms with E-state index in [0.717, 1.165) is 38.9 Å². The molecule has 0 N–H and O–H groups in total. The van der Waals surface area contributed by atoms with Gasteiger partial charge in [-0.05, 0) is 57.0 Å². The van der Waals surface area contributed by atoms with Gasteiger partial charge >= 0.3 is 5.97 Å². The average Bonchev–Trinajstić information content (AvgIpc) is 2.47. The summed E-state index contributed by atoms with van der Waals surface area (Å²) in [5, 5.41) is 0. The quantitative estimate of drug-likeness (QED) is 0.760. The van der Waals surface area contributed by atoms with Gasteiger partial charge in [0, 0.05) is 18.9 Å². The summed E-state index contributed by atoms with van der Waals surface area (Å²) in [6, 6.07) is 4.12. The molecule has 0 atom stereocenters. The maximum absolute atomic E-state index is 11.6. The third-order valence-electron chi connectivity index (χ3n) is 3.67. The van der Waals surface area contributed by atoms with E-state index < -0.39 is 0 Å². The van der Waals surface area contributed by atoms with Crippen LogP contribution in [0, 0.1) is 5.92 Å². The van der Waals surface area contributed by atoms with Crippen molar-refractivity contribution in [3.05, 3.63) is 30.1 Å². The predicted molar refractivity (Wildman–Crippen MR) is 73.7 cm³/mol. The molecule has 1 aromatic heterocycles. The highest BCUT2D eigenvalue weighted by Gasteiger charge is 2.25. The van der Waals surface area contributed by atoms with Gasteiger partial charge in [-0.1, -0.05) is 0 Å². The number of aromatic nitrogens is 1. The van der Waals surface area contributed by atoms with Crippen molar-refractivity contribution in [1.82, 2.24) is 9.88 Å². The van der Waals surface area contributed by atoms with Gasteiger partial charge in [-0.15, -0.1) is 0 Å². The van der Waals surface area contributed by atoms with Crippen molar-refractivity contribution in [2.24, 2.45) is 5.92 Å². The molecule has 1 aliphatic rings. The summed E-state index contributed by atoms with van der Waals surface area (Å²) in [6.07, 6.45) is 6.57. The van der Waals surface area contributed by atoms with Crippen LogP contribution in [-0.4, -0.2) is 42.1 Å². The molecule has 2 heterocycles. The van der Waals surface area contributed by atoms with Crippen molar-refractivity contribution in [2.75, 3.05) is 26.2 Å². The zero-order chi connectivity index (χ0) is 13.5. The molecule has 1 aromatic rings. The summed E-state index contributed by atoms with van der Waals surface area (Å²) >= 11 is 0. The first-order valence-electron chi connectivity index (χ1n) is 7.07. The van der Waals surface area contributed by atoms with Crippen LogP contribution < -0.4 is 0 Å². The van der Waals surface area contributed by atoms with Crippen molar-refractivity contribution >= 4 is 5.97 Å². The molecule has 0 amide bonds. The van der Waals surface area contributed by atoms with E-state index >= 15 is 0 Å². The molecule has 1 fully saturated rings. The van der Waals surface area contributed by atoms with Crippen molar-refractivity contribution in [2.45, 2.75) is 26.2 Å². The topological polar surface area (TPSA) is 42.4 Å². The second-order valence-electron chi connectivity index (χ2n) is 4.97. The van der Waals surface area contributed by atoms with Crippen LogP contribution in [0.5, 0.6) is 0 Å². The number of nitrogens with zero attached hydrogens (tertiary/aromatic N) is 2. The Morgan fingerprint density at radius 2 is 2.05 bits per heavy atom. The number of piperidine rings is 1. The fourth-order valence-corrected chi connectivity index (χ4v) is 2.49. The minimum atomic E-state index is -0.0173. The highest BCUT2D eigenvalue weighted by Crippen LogP contribution is 2.18. The van der Waals surface area contributed by atoms with Crippen LogP contribution in [-0.2, 0) is 16.0 Å². The normalized spacial score (nSPS) is 17.3. The number of hydrogen-bond donors (Lipinski definition) is 0. The van der Waals surface area contributed by atoms with Crippen molar-refractivity contribution in [3.8, 4) is 0 Å². The lowest BCUT2D eigenvalue weighted by atomic mass is 9.97. The van der Waals surface area contributed by atoms with Crippen molar-refractivity contribution in [3.63, 3.8) is 0 Å². The number of pyridine rings is 1. The van der Waals surface area contributed by atoms with E-state index in [2.05, 4.69) is 22.0 Å². The summed E-state index contributed by atoms with van der Waals surface area (Å²) < 4.78 is 5.08. The molecule has 0 radical (unpaired) electrons. The van der Waals surface area contributed by atoms with Crippen molar-refractivity contribution < 1.29 is 9.53 Å². The number of rotatable bonds is 5. The van der Waals surface area contributed by atoms with Gasteiger partial charge in [0.15, 0.2) is 0 Å². The van der Waals surface area contributed by atoms with Crippen LogP contribution in [0.4, 0.5) is 0 Å². The van der Waals surface area contributed by atoms with Gasteiger partial charge in [0.25, 0.3) is 0 Å². The fraction of sp³-hybridized carbons (Fsp3) is 0.600. The van der Waals surface area contributed by atoms with E-state index in [1.54, 1.807) is 0 Å². The lowest BCUT2D eigenvalue weighted by Crippen LogP contribution is -2.38. The minimum absolute atomic E-state index is 0.0173. The largest absolute Gasteiger partial charge is 0.466 e. The smallest absolute Gasteiger partial charge is 0.309 e. The maximum Gasteiger partial charge on any atom is 0.309 e. The fourth-order valence-electron chi connectivity index (χ4n) is 2.49. The van der Waals surface area contributed by atoms with Gasteiger partial charge < -0.3 is 9.64 Å². The van der Waals surface area contributed by atoms with Gasteiger partial charge in [0.2, 0.25) is 0 Å². The predicted octanol–water partition coefficient (Wildman–Crippen LogP) is 1.90. The number of ether oxygens (including phenoxy) is 1. The molecule has 0 bridgehead atoms. The number of carbonyl (C=O) groups is 1. The summed E-state index contributed by atoms with van der Waals surface area (Å²) in [6.45, 7) is 5.39. The zero-order valence-electron chi connectivity index (χ0n) is 11.5. The summed E-state index contributed by atoms with van der Waals surface area (Å²) in [5.41, 5.74) is 1.32. The number of likely N-dealkylation sites (tertiary alicyclic amines) is 1. The van der Waals surface area contributed by atoms with Gasteiger partial charge in [-0.25, -0.2) is 0 Å². The summed E-state index contributed by atoms with van der Waals surface area (Å²) in [4.78, 5) is 18.1. The molecule has 1 aliphatic heterocycles. The molecule has 104 valence electrons. The van der Waals surface area contributed by atoms with E-state index in [1.165, 1.54) is 5.56 Å². The molecule has 19 heavy (non-hydrogen) atoms. The van der Waals surface area contributed by atoms with Crippen LogP contribution >= 0.6 is 0 Å². The standard InChI is InChI=1S/C15H22N2O2/c1-2-19-15(18)14-6-11-17(12-7-14)10-5-13-3-8-16-9-4-13/h3-4,8-9,14H,2,5-7,10-12H2,1H3. The van der Waals surface area contributed by atoms with Crippen LogP contribution in [0.2, 0.25) is 0 Å². The van der Waals surface area contributed by atoms with E-state index in [1.807, 2.05) is 19.3 Å². The molecule has 1 saturated heterocycles. The number of carbonyl (C=O) groups excluding carboxylic acids is 1. The Morgan fingerprint density at radius 3 is 2.68 bits per heavy atom. The molecule has 0 aliphatic carbocycles. The van der Waals surface area contributed by atoms with E-state index in [9.17, 15) is 4.79 Å². The third-order valence-corrected chi connectivity index (χ3v) is 3.67. The molecular formula is C15H22N2O2. The molecule has 0 saturated carbocycles. The molecular weight excluding hydrogens is 240 g/mol. The van der Waals surface area contributed by atoms with Crippen molar-refractivity contribution in [1.29, 1.82) is 0 Å². The first-order chi connectivity index (χ1) is 9.29. The first-order valence-corrected chi connectivity index (χ1v) is 7.07. The SMILES string of the molecule is CCOC(=O)C1CCN(CCc2ccncc2)CC1. The van der Waals surface area contributed by atoms with Crippen LogP contribution in [0.15, 0.2) is 24.5 Å². The lowest BCUT2D eigenvalue weighted by Gasteiger charge is -2.30. The van der Waals surface area contributed by atoms with E-state index in [4.69, 9.17) is 4.74 Å². The summed E-state index contributed by atoms with van der Waals surface area (Å²) in [5.74, 6) is 0.0911. The second-order valence-corrected chi connectivity index (χ2v) is 4.97. The molecule has 0 spiro atoms. The van der Waals surface area contributed by atoms with E-state index in [0.29, 0.717) is 6.61 Å². The van der Waals surface area contributed by atoms with Gasteiger partial charge in [0.05, 0.1) is 12.5 Å².